The molecule has 5 heteroatoms. The first-order valence-corrected chi connectivity index (χ1v) is 7.86. The Hall–Kier alpha value is -1.33. The van der Waals surface area contributed by atoms with Gasteiger partial charge in [-0.3, -0.25) is 0 Å². The molecule has 0 unspecified atom stereocenters. The van der Waals surface area contributed by atoms with Crippen molar-refractivity contribution in [2.75, 3.05) is 6.54 Å². The van der Waals surface area contributed by atoms with Crippen molar-refractivity contribution in [3.8, 4) is 0 Å². The first kappa shape index (κ1) is 14.6. The molecule has 21 heavy (non-hydrogen) atoms. The summed E-state index contributed by atoms with van der Waals surface area (Å²) in [6.45, 7) is 0.813. The molecule has 1 saturated heterocycles. The number of piperidine rings is 1. The second-order valence-corrected chi connectivity index (χ2v) is 6.35. The minimum atomic E-state index is -4.26. The monoisotopic (exact) mass is 311 g/mol. The van der Waals surface area contributed by atoms with E-state index < -0.39 is 11.7 Å². The van der Waals surface area contributed by atoms with Gasteiger partial charge in [-0.15, -0.1) is 11.3 Å². The van der Waals surface area contributed by atoms with Gasteiger partial charge in [-0.05, 0) is 47.9 Å². The Kier molecular flexibility index (Phi) is 4.04. The molecule has 1 nitrogen and oxygen atoms in total. The standard InChI is InChI=1S/C16H16F3NS/c17-16(18,19)13-6-3-11(4-7-13)12-5-8-14(20-10-12)15-2-1-9-21-15/h1-4,6-7,9,12,14,20H,5,8,10H2/t12-,14+/m1/s1. The van der Waals surface area contributed by atoms with E-state index in [0.717, 1.165) is 24.9 Å². The van der Waals surface area contributed by atoms with Gasteiger partial charge in [0.1, 0.15) is 0 Å². The maximum Gasteiger partial charge on any atom is 0.416 e. The lowest BCUT2D eigenvalue weighted by Crippen LogP contribution is -2.31. The average Bonchev–Trinajstić information content (AvgIpc) is 3.01. The second-order valence-electron chi connectivity index (χ2n) is 5.37. The summed E-state index contributed by atoms with van der Waals surface area (Å²) in [5.74, 6) is 0.295. The summed E-state index contributed by atoms with van der Waals surface area (Å²) < 4.78 is 37.7. The van der Waals surface area contributed by atoms with E-state index in [1.165, 1.54) is 17.0 Å². The van der Waals surface area contributed by atoms with Gasteiger partial charge in [0, 0.05) is 17.5 Å². The third kappa shape index (κ3) is 3.30. The molecule has 1 N–H and O–H groups in total. The van der Waals surface area contributed by atoms with Gasteiger partial charge < -0.3 is 5.32 Å². The van der Waals surface area contributed by atoms with E-state index in [2.05, 4.69) is 16.8 Å². The van der Waals surface area contributed by atoms with Crippen molar-refractivity contribution in [1.29, 1.82) is 0 Å². The predicted octanol–water partition coefficient (Wildman–Crippen LogP) is 4.98. The average molecular weight is 311 g/mol. The normalized spacial score (nSPS) is 23.2. The topological polar surface area (TPSA) is 12.0 Å². The van der Waals surface area contributed by atoms with Crippen molar-refractivity contribution in [2.45, 2.75) is 31.0 Å². The van der Waals surface area contributed by atoms with Crippen molar-refractivity contribution in [3.05, 3.63) is 57.8 Å². The van der Waals surface area contributed by atoms with E-state index in [9.17, 15) is 13.2 Å². The number of hydrogen-bond acceptors (Lipinski definition) is 2. The maximum atomic E-state index is 12.6. The summed E-state index contributed by atoms with van der Waals surface area (Å²) in [6, 6.07) is 10.1. The zero-order valence-electron chi connectivity index (χ0n) is 11.4. The lowest BCUT2D eigenvalue weighted by atomic mass is 9.88. The van der Waals surface area contributed by atoms with Crippen LogP contribution in [0.1, 0.15) is 40.8 Å². The van der Waals surface area contributed by atoms with E-state index in [1.807, 2.05) is 6.07 Å². The van der Waals surface area contributed by atoms with Gasteiger partial charge in [0.25, 0.3) is 0 Å². The van der Waals surface area contributed by atoms with Gasteiger partial charge in [-0.25, -0.2) is 0 Å². The molecular formula is C16H16F3NS. The molecule has 1 aliphatic heterocycles. The van der Waals surface area contributed by atoms with Crippen molar-refractivity contribution < 1.29 is 13.2 Å². The lowest BCUT2D eigenvalue weighted by molar-refractivity contribution is -0.137. The zero-order valence-corrected chi connectivity index (χ0v) is 12.2. The molecule has 2 heterocycles. The van der Waals surface area contributed by atoms with E-state index in [0.29, 0.717) is 12.0 Å². The van der Waals surface area contributed by atoms with Gasteiger partial charge in [0.2, 0.25) is 0 Å². The molecule has 1 aromatic carbocycles. The van der Waals surface area contributed by atoms with Crippen molar-refractivity contribution >= 4 is 11.3 Å². The van der Waals surface area contributed by atoms with E-state index in [-0.39, 0.29) is 0 Å². The highest BCUT2D eigenvalue weighted by atomic mass is 32.1. The summed E-state index contributed by atoms with van der Waals surface area (Å²) in [5, 5.41) is 5.57. The molecule has 0 radical (unpaired) electrons. The predicted molar refractivity (Wildman–Crippen MR) is 78.5 cm³/mol. The Bertz CT molecular complexity index is 567. The number of nitrogens with one attached hydrogen (secondary N) is 1. The Morgan fingerprint density at radius 3 is 2.33 bits per heavy atom. The highest BCUT2D eigenvalue weighted by molar-refractivity contribution is 7.10. The highest BCUT2D eigenvalue weighted by Gasteiger charge is 2.30. The smallest absolute Gasteiger partial charge is 0.309 e. The summed E-state index contributed by atoms with van der Waals surface area (Å²) >= 11 is 1.74. The fourth-order valence-corrected chi connectivity index (χ4v) is 3.65. The van der Waals surface area contributed by atoms with Crippen LogP contribution in [-0.2, 0) is 6.18 Å². The number of benzene rings is 1. The van der Waals surface area contributed by atoms with Gasteiger partial charge in [-0.2, -0.15) is 13.2 Å². The molecule has 0 aliphatic carbocycles. The largest absolute Gasteiger partial charge is 0.416 e. The summed E-state index contributed by atoms with van der Waals surface area (Å²) in [7, 11) is 0. The molecule has 0 spiro atoms. The fourth-order valence-electron chi connectivity index (χ4n) is 2.82. The molecular weight excluding hydrogens is 295 g/mol. The Labute approximate surface area is 125 Å². The first-order chi connectivity index (χ1) is 10.0. The van der Waals surface area contributed by atoms with E-state index in [4.69, 9.17) is 0 Å². The van der Waals surface area contributed by atoms with Gasteiger partial charge in [0.05, 0.1) is 5.56 Å². The number of alkyl halides is 3. The van der Waals surface area contributed by atoms with Crippen molar-refractivity contribution in [2.24, 2.45) is 0 Å². The fraction of sp³-hybridized carbons (Fsp3) is 0.375. The molecule has 1 aromatic heterocycles. The quantitative estimate of drug-likeness (QED) is 0.825. The van der Waals surface area contributed by atoms with Crippen LogP contribution in [0.5, 0.6) is 0 Å². The van der Waals surface area contributed by atoms with Crippen LogP contribution < -0.4 is 5.32 Å². The molecule has 3 rings (SSSR count). The van der Waals surface area contributed by atoms with Crippen LogP contribution in [0.3, 0.4) is 0 Å². The Balaban J connectivity index is 1.64. The van der Waals surface area contributed by atoms with Crippen molar-refractivity contribution in [3.63, 3.8) is 0 Å². The molecule has 0 amide bonds. The van der Waals surface area contributed by atoms with E-state index in [1.54, 1.807) is 23.5 Å². The van der Waals surface area contributed by atoms with E-state index >= 15 is 0 Å². The van der Waals surface area contributed by atoms with Crippen LogP contribution in [-0.4, -0.2) is 6.54 Å². The van der Waals surface area contributed by atoms with Crippen LogP contribution in [0, 0.1) is 0 Å². The SMILES string of the molecule is FC(F)(F)c1ccc([C@@H]2CC[C@@H](c3cccs3)NC2)cc1. The molecule has 2 aromatic rings. The summed E-state index contributed by atoms with van der Waals surface area (Å²) in [5.41, 5.74) is 0.409. The molecule has 0 bridgehead atoms. The third-order valence-electron chi connectivity index (χ3n) is 4.01. The number of rotatable bonds is 2. The number of halogens is 3. The molecule has 1 fully saturated rings. The maximum absolute atomic E-state index is 12.6. The Morgan fingerprint density at radius 1 is 1.05 bits per heavy atom. The van der Waals surface area contributed by atoms with Crippen molar-refractivity contribution in [1.82, 2.24) is 5.32 Å². The van der Waals surface area contributed by atoms with Crippen LogP contribution in [0.4, 0.5) is 13.2 Å². The van der Waals surface area contributed by atoms with Crippen LogP contribution in [0.2, 0.25) is 0 Å². The minimum absolute atomic E-state index is 0.295. The van der Waals surface area contributed by atoms with Crippen LogP contribution in [0.15, 0.2) is 41.8 Å². The van der Waals surface area contributed by atoms with Crippen LogP contribution >= 0.6 is 11.3 Å². The summed E-state index contributed by atoms with van der Waals surface area (Å²) in [6.07, 6.45) is -2.24. The number of thiophene rings is 1. The number of hydrogen-bond donors (Lipinski definition) is 1. The zero-order chi connectivity index (χ0) is 14.9. The highest BCUT2D eigenvalue weighted by Crippen LogP contribution is 2.35. The van der Waals surface area contributed by atoms with Crippen LogP contribution in [0.25, 0.3) is 0 Å². The van der Waals surface area contributed by atoms with Gasteiger partial charge in [0.15, 0.2) is 0 Å². The molecule has 1 aliphatic rings. The minimum Gasteiger partial charge on any atom is -0.309 e. The van der Waals surface area contributed by atoms with Gasteiger partial charge in [-0.1, -0.05) is 18.2 Å². The molecule has 0 saturated carbocycles. The Morgan fingerprint density at radius 2 is 1.81 bits per heavy atom. The summed E-state index contributed by atoms with van der Waals surface area (Å²) in [4.78, 5) is 1.33. The molecule has 2 atom stereocenters. The third-order valence-corrected chi connectivity index (χ3v) is 5.00. The lowest BCUT2D eigenvalue weighted by Gasteiger charge is -2.29. The van der Waals surface area contributed by atoms with Gasteiger partial charge >= 0.3 is 6.18 Å². The molecule has 112 valence electrons. The second kappa shape index (κ2) is 5.81. The first-order valence-electron chi connectivity index (χ1n) is 6.98.